The summed E-state index contributed by atoms with van der Waals surface area (Å²) >= 11 is 0. The molecule has 0 bridgehead atoms. The second-order valence-corrected chi connectivity index (χ2v) is 15.2. The summed E-state index contributed by atoms with van der Waals surface area (Å²) in [7, 11) is 0. The number of rotatable bonds is 37. The number of ether oxygens (including phenoxy) is 1. The molecule has 4 nitrogen and oxygen atoms in total. The van der Waals surface area contributed by atoms with Crippen LogP contribution in [0.4, 0.5) is 0 Å². The molecule has 1 N–H and O–H groups in total. The van der Waals surface area contributed by atoms with Crippen LogP contribution in [0.15, 0.2) is 0 Å². The van der Waals surface area contributed by atoms with Gasteiger partial charge in [0.05, 0.1) is 12.8 Å². The minimum absolute atomic E-state index is 0.0591. The molecule has 47 heavy (non-hydrogen) atoms. The van der Waals surface area contributed by atoms with E-state index >= 15 is 0 Å². The van der Waals surface area contributed by atoms with Crippen LogP contribution in [0.25, 0.3) is 0 Å². The normalized spacial score (nSPS) is 16.8. The number of morpholine rings is 1. The molecule has 0 amide bonds. The SMILES string of the molecule is CCCCCCCCCCCCCCCCCCN(CCCCCCCCCCCCCCCCCC)C1NCCOC1C(=O)CC. The van der Waals surface area contributed by atoms with E-state index in [2.05, 4.69) is 24.1 Å². The molecule has 0 aromatic carbocycles. The smallest absolute Gasteiger partial charge is 0.164 e. The second kappa shape index (κ2) is 35.4. The summed E-state index contributed by atoms with van der Waals surface area (Å²) in [5.74, 6) is 0.256. The lowest BCUT2D eigenvalue weighted by atomic mass is 10.0. The lowest BCUT2D eigenvalue weighted by Crippen LogP contribution is -2.60. The van der Waals surface area contributed by atoms with Gasteiger partial charge in [-0.25, -0.2) is 0 Å². The van der Waals surface area contributed by atoms with E-state index < -0.39 is 0 Å². The summed E-state index contributed by atoms with van der Waals surface area (Å²) in [6.07, 6.45) is 45.3. The maximum atomic E-state index is 12.7. The van der Waals surface area contributed by atoms with Gasteiger partial charge < -0.3 is 4.74 Å². The number of nitrogens with one attached hydrogen (secondary N) is 1. The van der Waals surface area contributed by atoms with Gasteiger partial charge in [-0.3, -0.25) is 15.0 Å². The number of hydrogen-bond donors (Lipinski definition) is 1. The summed E-state index contributed by atoms with van der Waals surface area (Å²) in [6.45, 7) is 10.3. The first-order valence-electron chi connectivity index (χ1n) is 21.9. The Morgan fingerprint density at radius 2 is 0.787 bits per heavy atom. The van der Waals surface area contributed by atoms with Crippen LogP contribution in [-0.4, -0.2) is 49.2 Å². The number of hydrogen-bond acceptors (Lipinski definition) is 4. The van der Waals surface area contributed by atoms with Gasteiger partial charge in [-0.2, -0.15) is 0 Å². The quantitative estimate of drug-likeness (QED) is 0.0672. The Labute approximate surface area is 296 Å². The van der Waals surface area contributed by atoms with Gasteiger partial charge in [0.1, 0.15) is 6.10 Å². The monoisotopic (exact) mass is 663 g/mol. The van der Waals surface area contributed by atoms with Crippen LogP contribution in [0.3, 0.4) is 0 Å². The number of carbonyl (C=O) groups excluding carboxylic acids is 1. The third-order valence-electron chi connectivity index (χ3n) is 10.7. The molecule has 2 unspecified atom stereocenters. The van der Waals surface area contributed by atoms with E-state index in [9.17, 15) is 4.79 Å². The maximum Gasteiger partial charge on any atom is 0.164 e. The number of Topliss-reactive ketones (excluding diaryl/α,β-unsaturated/α-hetero) is 1. The van der Waals surface area contributed by atoms with Gasteiger partial charge in [-0.05, 0) is 25.9 Å². The van der Waals surface area contributed by atoms with Crippen LogP contribution < -0.4 is 5.32 Å². The van der Waals surface area contributed by atoms with Crippen LogP contribution in [0.5, 0.6) is 0 Å². The predicted octanol–water partition coefficient (Wildman–Crippen LogP) is 13.1. The van der Waals surface area contributed by atoms with Crippen molar-refractivity contribution in [2.75, 3.05) is 26.2 Å². The first kappa shape index (κ1) is 44.6. The standard InChI is InChI=1S/C43H86N2O2/c1-4-7-9-11-13-15-17-19-21-23-25-27-29-31-33-35-38-45(43-42(41(46)6-3)47-40-37-44-43)39-36-34-32-30-28-26-24-22-20-18-16-14-12-10-8-5-2/h42-44H,4-40H2,1-3H3. The maximum absolute atomic E-state index is 12.7. The van der Waals surface area contributed by atoms with Gasteiger partial charge in [0.25, 0.3) is 0 Å². The van der Waals surface area contributed by atoms with E-state index in [0.717, 1.165) is 19.6 Å². The van der Waals surface area contributed by atoms with Gasteiger partial charge in [0, 0.05) is 13.0 Å². The van der Waals surface area contributed by atoms with Crippen LogP contribution >= 0.6 is 0 Å². The molecule has 0 spiro atoms. The van der Waals surface area contributed by atoms with Crippen LogP contribution in [0.1, 0.15) is 233 Å². The highest BCUT2D eigenvalue weighted by Crippen LogP contribution is 2.18. The molecule has 4 heteroatoms. The van der Waals surface area contributed by atoms with E-state index in [1.807, 2.05) is 6.92 Å². The van der Waals surface area contributed by atoms with Crippen molar-refractivity contribution in [2.45, 2.75) is 245 Å². The Kier molecular flexibility index (Phi) is 33.6. The van der Waals surface area contributed by atoms with E-state index in [1.54, 1.807) is 0 Å². The molecule has 1 heterocycles. The van der Waals surface area contributed by atoms with Gasteiger partial charge >= 0.3 is 0 Å². The highest BCUT2D eigenvalue weighted by Gasteiger charge is 2.34. The van der Waals surface area contributed by atoms with Crippen molar-refractivity contribution in [1.82, 2.24) is 10.2 Å². The average Bonchev–Trinajstić information content (AvgIpc) is 3.10. The molecule has 280 valence electrons. The first-order valence-corrected chi connectivity index (χ1v) is 21.9. The number of unbranched alkanes of at least 4 members (excludes halogenated alkanes) is 30. The third kappa shape index (κ3) is 27.0. The third-order valence-corrected chi connectivity index (χ3v) is 10.7. The lowest BCUT2D eigenvalue weighted by molar-refractivity contribution is -0.141. The van der Waals surface area contributed by atoms with Crippen molar-refractivity contribution in [3.8, 4) is 0 Å². The second-order valence-electron chi connectivity index (χ2n) is 15.2. The highest BCUT2D eigenvalue weighted by atomic mass is 16.5. The van der Waals surface area contributed by atoms with E-state index in [4.69, 9.17) is 4.74 Å². The zero-order valence-electron chi connectivity index (χ0n) is 32.6. The average molecular weight is 663 g/mol. The van der Waals surface area contributed by atoms with Gasteiger partial charge in [-0.1, -0.05) is 213 Å². The van der Waals surface area contributed by atoms with Crippen LogP contribution in [0, 0.1) is 0 Å². The van der Waals surface area contributed by atoms with Crippen molar-refractivity contribution in [1.29, 1.82) is 0 Å². The fourth-order valence-electron chi connectivity index (χ4n) is 7.50. The van der Waals surface area contributed by atoms with Crippen molar-refractivity contribution in [3.63, 3.8) is 0 Å². The Hall–Kier alpha value is -0.450. The lowest BCUT2D eigenvalue weighted by Gasteiger charge is -2.40. The minimum Gasteiger partial charge on any atom is -0.366 e. The fraction of sp³-hybridized carbons (Fsp3) is 0.977. The van der Waals surface area contributed by atoms with Crippen molar-refractivity contribution in [2.24, 2.45) is 0 Å². The summed E-state index contributed by atoms with van der Waals surface area (Å²) in [5.41, 5.74) is 0. The molecule has 1 aliphatic heterocycles. The van der Waals surface area contributed by atoms with E-state index in [1.165, 1.54) is 205 Å². The Morgan fingerprint density at radius 3 is 1.09 bits per heavy atom. The summed E-state index contributed by atoms with van der Waals surface area (Å²) < 4.78 is 6.04. The topological polar surface area (TPSA) is 41.6 Å². The summed E-state index contributed by atoms with van der Waals surface area (Å²) in [5, 5.41) is 3.67. The minimum atomic E-state index is -0.295. The molecule has 2 atom stereocenters. The summed E-state index contributed by atoms with van der Waals surface area (Å²) in [4.78, 5) is 15.3. The molecular weight excluding hydrogens is 576 g/mol. The van der Waals surface area contributed by atoms with Gasteiger partial charge in [0.15, 0.2) is 5.78 Å². The Morgan fingerprint density at radius 1 is 0.489 bits per heavy atom. The Balaban J connectivity index is 2.15. The molecule has 0 aromatic rings. The van der Waals surface area contributed by atoms with Gasteiger partial charge in [0.2, 0.25) is 0 Å². The molecule has 0 saturated carbocycles. The zero-order chi connectivity index (χ0) is 33.9. The van der Waals surface area contributed by atoms with Gasteiger partial charge in [-0.15, -0.1) is 0 Å². The molecule has 1 aliphatic rings. The zero-order valence-corrected chi connectivity index (χ0v) is 32.6. The number of nitrogens with zero attached hydrogens (tertiary/aromatic N) is 1. The van der Waals surface area contributed by atoms with Crippen molar-refractivity contribution >= 4 is 5.78 Å². The summed E-state index contributed by atoms with van der Waals surface area (Å²) in [6, 6.07) is 0. The molecule has 1 fully saturated rings. The highest BCUT2D eigenvalue weighted by molar-refractivity contribution is 5.83. The molecule has 1 rings (SSSR count). The van der Waals surface area contributed by atoms with Crippen molar-refractivity contribution in [3.05, 3.63) is 0 Å². The van der Waals surface area contributed by atoms with E-state index in [0.29, 0.717) is 13.0 Å². The molecule has 0 aromatic heterocycles. The Bertz CT molecular complexity index is 605. The van der Waals surface area contributed by atoms with Crippen molar-refractivity contribution < 1.29 is 9.53 Å². The number of carbonyl (C=O) groups is 1. The largest absolute Gasteiger partial charge is 0.366 e. The fourth-order valence-corrected chi connectivity index (χ4v) is 7.50. The molecular formula is C43H86N2O2. The number of ketones is 1. The van der Waals surface area contributed by atoms with E-state index in [-0.39, 0.29) is 18.1 Å². The molecule has 0 aliphatic carbocycles. The predicted molar refractivity (Wildman–Crippen MR) is 207 cm³/mol. The first-order chi connectivity index (χ1) is 23.2. The molecule has 0 radical (unpaired) electrons. The molecule has 1 saturated heterocycles. The van der Waals surface area contributed by atoms with Crippen LogP contribution in [-0.2, 0) is 9.53 Å². The van der Waals surface area contributed by atoms with Crippen LogP contribution in [0.2, 0.25) is 0 Å².